The van der Waals surface area contributed by atoms with Gasteiger partial charge in [-0.1, -0.05) is 0 Å². The molecule has 1 fully saturated rings. The molecule has 2 aromatic carbocycles. The van der Waals surface area contributed by atoms with Crippen molar-refractivity contribution < 1.29 is 23.5 Å². The van der Waals surface area contributed by atoms with Gasteiger partial charge in [0.15, 0.2) is 11.6 Å². The molecule has 3 rings (SSSR count). The van der Waals surface area contributed by atoms with Gasteiger partial charge in [-0.3, -0.25) is 4.79 Å². The van der Waals surface area contributed by atoms with E-state index in [4.69, 9.17) is 0 Å². The first-order valence-corrected chi connectivity index (χ1v) is 10.2. The molecule has 0 saturated carbocycles. The van der Waals surface area contributed by atoms with Gasteiger partial charge in [0, 0.05) is 21.6 Å². The van der Waals surface area contributed by atoms with Gasteiger partial charge in [-0.2, -0.15) is 0 Å². The molecule has 0 aromatic heterocycles. The fourth-order valence-electron chi connectivity index (χ4n) is 2.72. The summed E-state index contributed by atoms with van der Waals surface area (Å²) in [5, 5.41) is 12.2. The summed E-state index contributed by atoms with van der Waals surface area (Å²) in [6, 6.07) is 6.13. The fraction of sp³-hybridized carbons (Fsp3) is 0.222. The zero-order valence-corrected chi connectivity index (χ0v) is 17.2. The minimum Gasteiger partial charge on any atom is -0.478 e. The molecule has 5 nitrogen and oxygen atoms in total. The summed E-state index contributed by atoms with van der Waals surface area (Å²) < 4.78 is 30.3. The Bertz CT molecular complexity index is 933. The largest absolute Gasteiger partial charge is 0.478 e. The summed E-state index contributed by atoms with van der Waals surface area (Å²) in [4.78, 5) is 25.5. The standard InChI is InChI=1S/C18H15F2IN2O3S/c1-9-6-10(21)2-3-13(9)22-16-12(18(25)26)7-11(14(19)15(16)20)17(24)23-4-5-27-8-23/h2-3,6-7,22H,4-5,8H2,1H3,(H,25,26). The monoisotopic (exact) mass is 504 g/mol. The average molecular weight is 504 g/mol. The summed E-state index contributed by atoms with van der Waals surface area (Å²) in [6.45, 7) is 2.18. The van der Waals surface area contributed by atoms with Crippen molar-refractivity contribution in [2.24, 2.45) is 0 Å². The van der Waals surface area contributed by atoms with Crippen molar-refractivity contribution in [2.45, 2.75) is 6.92 Å². The average Bonchev–Trinajstić information content (AvgIpc) is 3.15. The Morgan fingerprint density at radius 3 is 2.56 bits per heavy atom. The van der Waals surface area contributed by atoms with Gasteiger partial charge in [-0.25, -0.2) is 13.6 Å². The summed E-state index contributed by atoms with van der Waals surface area (Å²) in [6.07, 6.45) is 0. The second kappa shape index (κ2) is 8.01. The zero-order chi connectivity index (χ0) is 19.7. The van der Waals surface area contributed by atoms with Crippen LogP contribution in [0.4, 0.5) is 20.2 Å². The molecule has 1 saturated heterocycles. The summed E-state index contributed by atoms with van der Waals surface area (Å²) in [7, 11) is 0. The van der Waals surface area contributed by atoms with Crippen LogP contribution in [0.3, 0.4) is 0 Å². The van der Waals surface area contributed by atoms with Crippen molar-refractivity contribution in [3.63, 3.8) is 0 Å². The molecule has 0 unspecified atom stereocenters. The number of hydrogen-bond donors (Lipinski definition) is 2. The van der Waals surface area contributed by atoms with Gasteiger partial charge < -0.3 is 15.3 Å². The number of carbonyl (C=O) groups excluding carboxylic acids is 1. The van der Waals surface area contributed by atoms with Gasteiger partial charge in [-0.15, -0.1) is 11.8 Å². The van der Waals surface area contributed by atoms with Crippen LogP contribution >= 0.6 is 34.4 Å². The SMILES string of the molecule is Cc1cc(I)ccc1Nc1c(C(=O)O)cc(C(=O)N2CCSC2)c(F)c1F. The maximum atomic E-state index is 14.7. The van der Waals surface area contributed by atoms with E-state index >= 15 is 0 Å². The lowest BCUT2D eigenvalue weighted by Crippen LogP contribution is -2.29. The Hall–Kier alpha value is -1.88. The molecular weight excluding hydrogens is 489 g/mol. The van der Waals surface area contributed by atoms with E-state index in [9.17, 15) is 23.5 Å². The van der Waals surface area contributed by atoms with Crippen LogP contribution in [0.2, 0.25) is 0 Å². The molecule has 1 heterocycles. The summed E-state index contributed by atoms with van der Waals surface area (Å²) >= 11 is 3.61. The number of nitrogens with one attached hydrogen (secondary N) is 1. The number of carboxylic acid groups (broad SMARTS) is 1. The highest BCUT2D eigenvalue weighted by atomic mass is 127. The van der Waals surface area contributed by atoms with E-state index in [-0.39, 0.29) is 0 Å². The second-order valence-electron chi connectivity index (χ2n) is 5.97. The number of aryl methyl sites for hydroxylation is 1. The molecule has 0 radical (unpaired) electrons. The van der Waals surface area contributed by atoms with Crippen LogP contribution in [-0.4, -0.2) is 40.1 Å². The number of thioether (sulfide) groups is 1. The molecule has 1 amide bonds. The van der Waals surface area contributed by atoms with Crippen molar-refractivity contribution in [1.29, 1.82) is 0 Å². The number of anilines is 2. The highest BCUT2D eigenvalue weighted by molar-refractivity contribution is 14.1. The number of hydrogen-bond acceptors (Lipinski definition) is 4. The van der Waals surface area contributed by atoms with Gasteiger partial charge in [0.05, 0.1) is 22.7 Å². The van der Waals surface area contributed by atoms with Crippen LogP contribution < -0.4 is 5.32 Å². The lowest BCUT2D eigenvalue weighted by atomic mass is 10.0. The third-order valence-electron chi connectivity index (χ3n) is 4.16. The van der Waals surface area contributed by atoms with E-state index in [1.807, 2.05) is 6.07 Å². The van der Waals surface area contributed by atoms with E-state index in [2.05, 4.69) is 27.9 Å². The normalized spacial score (nSPS) is 13.7. The molecule has 2 N–H and O–H groups in total. The Balaban J connectivity index is 2.07. The lowest BCUT2D eigenvalue weighted by molar-refractivity contribution is 0.0697. The van der Waals surface area contributed by atoms with Crippen molar-refractivity contribution in [2.75, 3.05) is 23.5 Å². The van der Waals surface area contributed by atoms with Crippen molar-refractivity contribution in [3.8, 4) is 0 Å². The Kier molecular flexibility index (Phi) is 5.89. The molecule has 27 heavy (non-hydrogen) atoms. The number of halogens is 3. The van der Waals surface area contributed by atoms with Crippen LogP contribution in [0.5, 0.6) is 0 Å². The van der Waals surface area contributed by atoms with Gasteiger partial charge in [0.2, 0.25) is 0 Å². The minimum absolute atomic E-state index is 0.365. The number of carboxylic acids is 1. The topological polar surface area (TPSA) is 69.6 Å². The summed E-state index contributed by atoms with van der Waals surface area (Å²) in [5.74, 6) is -3.84. The number of carbonyl (C=O) groups is 2. The van der Waals surface area contributed by atoms with Gasteiger partial charge in [-0.05, 0) is 59.3 Å². The number of amides is 1. The first-order valence-electron chi connectivity index (χ1n) is 7.95. The zero-order valence-electron chi connectivity index (χ0n) is 14.2. The molecule has 0 atom stereocenters. The molecule has 1 aliphatic heterocycles. The first-order chi connectivity index (χ1) is 12.8. The Morgan fingerprint density at radius 2 is 1.96 bits per heavy atom. The Morgan fingerprint density at radius 1 is 1.22 bits per heavy atom. The van der Waals surface area contributed by atoms with Crippen molar-refractivity contribution in [1.82, 2.24) is 4.90 Å². The molecule has 9 heteroatoms. The van der Waals surface area contributed by atoms with Crippen LogP contribution in [-0.2, 0) is 0 Å². The van der Waals surface area contributed by atoms with Gasteiger partial charge >= 0.3 is 5.97 Å². The smallest absolute Gasteiger partial charge is 0.337 e. The number of aromatic carboxylic acids is 1. The Labute approximate surface area is 172 Å². The van der Waals surface area contributed by atoms with Crippen LogP contribution in [0.1, 0.15) is 26.3 Å². The van der Waals surface area contributed by atoms with E-state index in [1.54, 1.807) is 19.1 Å². The first kappa shape index (κ1) is 19.9. The predicted molar refractivity (Wildman–Crippen MR) is 109 cm³/mol. The quantitative estimate of drug-likeness (QED) is 0.602. The van der Waals surface area contributed by atoms with Crippen LogP contribution in [0.25, 0.3) is 0 Å². The molecule has 0 spiro atoms. The van der Waals surface area contributed by atoms with Crippen molar-refractivity contribution >= 4 is 57.6 Å². The minimum atomic E-state index is -1.45. The highest BCUT2D eigenvalue weighted by Gasteiger charge is 2.29. The molecular formula is C18H15F2IN2O3S. The molecule has 0 aliphatic carbocycles. The maximum Gasteiger partial charge on any atom is 0.337 e. The highest BCUT2D eigenvalue weighted by Crippen LogP contribution is 2.31. The van der Waals surface area contributed by atoms with E-state index in [1.165, 1.54) is 16.7 Å². The lowest BCUT2D eigenvalue weighted by Gasteiger charge is -2.18. The van der Waals surface area contributed by atoms with Crippen molar-refractivity contribution in [3.05, 3.63) is 56.2 Å². The van der Waals surface area contributed by atoms with Gasteiger partial charge in [0.25, 0.3) is 5.91 Å². The molecule has 2 aromatic rings. The van der Waals surface area contributed by atoms with Crippen LogP contribution in [0.15, 0.2) is 24.3 Å². The molecule has 142 valence electrons. The van der Waals surface area contributed by atoms with Crippen LogP contribution in [0, 0.1) is 22.1 Å². The molecule has 0 bridgehead atoms. The second-order valence-corrected chi connectivity index (χ2v) is 8.29. The third kappa shape index (κ3) is 4.03. The summed E-state index contributed by atoms with van der Waals surface area (Å²) in [5.41, 5.74) is -0.380. The van der Waals surface area contributed by atoms with E-state index in [0.717, 1.165) is 15.2 Å². The number of benzene rings is 2. The number of rotatable bonds is 4. The third-order valence-corrected chi connectivity index (χ3v) is 5.79. The van der Waals surface area contributed by atoms with Gasteiger partial charge in [0.1, 0.15) is 0 Å². The fourth-order valence-corrected chi connectivity index (χ4v) is 4.31. The molecule has 1 aliphatic rings. The van der Waals surface area contributed by atoms with E-state index in [0.29, 0.717) is 23.9 Å². The number of nitrogens with zero attached hydrogens (tertiary/aromatic N) is 1. The predicted octanol–water partition coefficient (Wildman–Crippen LogP) is 4.47. The maximum absolute atomic E-state index is 14.7. The van der Waals surface area contributed by atoms with E-state index < -0.39 is 40.3 Å².